The van der Waals surface area contributed by atoms with Gasteiger partial charge in [0.25, 0.3) is 0 Å². The fraction of sp³-hybridized carbons (Fsp3) is 0.615. The van der Waals surface area contributed by atoms with E-state index in [4.69, 9.17) is 5.11 Å². The second-order valence-corrected chi connectivity index (χ2v) is 5.92. The average molecular weight is 297 g/mol. The first-order chi connectivity index (χ1) is 9.65. The van der Waals surface area contributed by atoms with Crippen LogP contribution in [0.25, 0.3) is 0 Å². The van der Waals surface area contributed by atoms with Gasteiger partial charge in [0.05, 0.1) is 5.01 Å². The summed E-state index contributed by atoms with van der Waals surface area (Å²) in [7, 11) is 0. The molecule has 0 aromatic carbocycles. The molecule has 1 unspecified atom stereocenters. The highest BCUT2D eigenvalue weighted by atomic mass is 32.1. The number of thiazole rings is 1. The van der Waals surface area contributed by atoms with Crippen molar-refractivity contribution in [1.82, 2.24) is 15.2 Å². The van der Waals surface area contributed by atoms with Crippen LogP contribution in [0.5, 0.6) is 0 Å². The summed E-state index contributed by atoms with van der Waals surface area (Å²) in [5.74, 6) is -0.452. The first kappa shape index (κ1) is 14.8. The van der Waals surface area contributed by atoms with Crippen LogP contribution in [0.15, 0.2) is 11.6 Å². The molecule has 7 heteroatoms. The number of aliphatic carboxylic acids is 1. The second-order valence-electron chi connectivity index (χ2n) is 4.94. The fourth-order valence-electron chi connectivity index (χ4n) is 2.34. The SMILES string of the molecule is O=C(O)CCC1CCN(C(=O)NCCc2nccs2)C1. The van der Waals surface area contributed by atoms with Crippen molar-refractivity contribution in [3.05, 3.63) is 16.6 Å². The standard InChI is InChI=1S/C13H19N3O3S/c17-12(18)2-1-10-4-7-16(9-10)13(19)15-5-3-11-14-6-8-20-11/h6,8,10H,1-5,7,9H2,(H,15,19)(H,17,18). The summed E-state index contributed by atoms with van der Waals surface area (Å²) in [5, 5.41) is 14.5. The first-order valence-electron chi connectivity index (χ1n) is 6.78. The van der Waals surface area contributed by atoms with Crippen molar-refractivity contribution in [2.24, 2.45) is 5.92 Å². The van der Waals surface area contributed by atoms with E-state index < -0.39 is 5.97 Å². The molecule has 2 amide bonds. The van der Waals surface area contributed by atoms with E-state index in [0.717, 1.165) is 17.8 Å². The summed E-state index contributed by atoms with van der Waals surface area (Å²) in [6.45, 7) is 1.96. The Bertz CT molecular complexity index is 450. The highest BCUT2D eigenvalue weighted by molar-refractivity contribution is 7.09. The van der Waals surface area contributed by atoms with Gasteiger partial charge in [0, 0.05) is 44.1 Å². The van der Waals surface area contributed by atoms with Crippen molar-refractivity contribution in [2.45, 2.75) is 25.7 Å². The topological polar surface area (TPSA) is 82.5 Å². The summed E-state index contributed by atoms with van der Waals surface area (Å²) in [6.07, 6.45) is 4.24. The summed E-state index contributed by atoms with van der Waals surface area (Å²) < 4.78 is 0. The van der Waals surface area contributed by atoms with Crippen molar-refractivity contribution >= 4 is 23.3 Å². The van der Waals surface area contributed by atoms with Crippen LogP contribution in [0.1, 0.15) is 24.3 Å². The number of hydrogen-bond acceptors (Lipinski definition) is 4. The molecule has 0 spiro atoms. The van der Waals surface area contributed by atoms with Gasteiger partial charge in [-0.05, 0) is 18.8 Å². The first-order valence-corrected chi connectivity index (χ1v) is 7.66. The number of hydrogen-bond donors (Lipinski definition) is 2. The van der Waals surface area contributed by atoms with Gasteiger partial charge in [0.2, 0.25) is 0 Å². The number of likely N-dealkylation sites (tertiary alicyclic amines) is 1. The van der Waals surface area contributed by atoms with Crippen LogP contribution in [-0.2, 0) is 11.2 Å². The van der Waals surface area contributed by atoms with Crippen LogP contribution in [0, 0.1) is 5.92 Å². The maximum atomic E-state index is 11.9. The number of carboxylic acids is 1. The third-order valence-corrected chi connectivity index (χ3v) is 4.28. The van der Waals surface area contributed by atoms with E-state index in [0.29, 0.717) is 32.0 Å². The Morgan fingerprint density at radius 1 is 1.55 bits per heavy atom. The predicted molar refractivity (Wildman–Crippen MR) is 75.8 cm³/mol. The zero-order chi connectivity index (χ0) is 14.4. The molecular formula is C13H19N3O3S. The molecular weight excluding hydrogens is 278 g/mol. The minimum Gasteiger partial charge on any atom is -0.481 e. The quantitative estimate of drug-likeness (QED) is 0.835. The van der Waals surface area contributed by atoms with Crippen molar-refractivity contribution in [3.8, 4) is 0 Å². The molecule has 2 N–H and O–H groups in total. The van der Waals surface area contributed by atoms with Crippen molar-refractivity contribution in [1.29, 1.82) is 0 Å². The van der Waals surface area contributed by atoms with Crippen LogP contribution in [-0.4, -0.2) is 46.6 Å². The van der Waals surface area contributed by atoms with Gasteiger partial charge in [0.1, 0.15) is 0 Å². The third-order valence-electron chi connectivity index (χ3n) is 3.44. The number of amides is 2. The van der Waals surface area contributed by atoms with Gasteiger partial charge in [-0.1, -0.05) is 0 Å². The lowest BCUT2D eigenvalue weighted by molar-refractivity contribution is -0.137. The van der Waals surface area contributed by atoms with E-state index in [1.54, 1.807) is 22.4 Å². The van der Waals surface area contributed by atoms with E-state index in [1.807, 2.05) is 5.38 Å². The maximum absolute atomic E-state index is 11.9. The van der Waals surface area contributed by atoms with Gasteiger partial charge >= 0.3 is 12.0 Å². The normalized spacial score (nSPS) is 18.2. The number of rotatable bonds is 6. The summed E-state index contributed by atoms with van der Waals surface area (Å²) in [5.41, 5.74) is 0. The van der Waals surface area contributed by atoms with Gasteiger partial charge < -0.3 is 15.3 Å². The van der Waals surface area contributed by atoms with Crippen LogP contribution >= 0.6 is 11.3 Å². The molecule has 0 aliphatic carbocycles. The molecule has 1 aliphatic rings. The van der Waals surface area contributed by atoms with Crippen LogP contribution in [0.4, 0.5) is 4.79 Å². The molecule has 6 nitrogen and oxygen atoms in total. The average Bonchev–Trinajstić information content (AvgIpc) is 3.07. The Kier molecular flexibility index (Phi) is 5.34. The highest BCUT2D eigenvalue weighted by Crippen LogP contribution is 2.20. The largest absolute Gasteiger partial charge is 0.481 e. The zero-order valence-electron chi connectivity index (χ0n) is 11.2. The number of nitrogens with zero attached hydrogens (tertiary/aromatic N) is 2. The molecule has 1 saturated heterocycles. The third kappa shape index (κ3) is 4.48. The van der Waals surface area contributed by atoms with Crippen LogP contribution in [0.3, 0.4) is 0 Å². The molecule has 1 aromatic rings. The number of carbonyl (C=O) groups excluding carboxylic acids is 1. The number of aromatic nitrogens is 1. The Labute approximate surface area is 121 Å². The summed E-state index contributed by atoms with van der Waals surface area (Å²) in [6, 6.07) is -0.0561. The monoisotopic (exact) mass is 297 g/mol. The van der Waals surface area contributed by atoms with Crippen molar-refractivity contribution in [3.63, 3.8) is 0 Å². The fourth-order valence-corrected chi connectivity index (χ4v) is 2.97. The minimum absolute atomic E-state index is 0.0561. The lowest BCUT2D eigenvalue weighted by atomic mass is 10.0. The van der Waals surface area contributed by atoms with Crippen molar-refractivity contribution in [2.75, 3.05) is 19.6 Å². The van der Waals surface area contributed by atoms with Gasteiger partial charge in [-0.15, -0.1) is 11.3 Å². The van der Waals surface area contributed by atoms with E-state index in [9.17, 15) is 9.59 Å². The Morgan fingerprint density at radius 3 is 3.10 bits per heavy atom. The van der Waals surface area contributed by atoms with E-state index in [2.05, 4.69) is 10.3 Å². The van der Waals surface area contributed by atoms with E-state index in [1.165, 1.54) is 0 Å². The molecule has 0 bridgehead atoms. The maximum Gasteiger partial charge on any atom is 0.317 e. The lowest BCUT2D eigenvalue weighted by Gasteiger charge is -2.17. The number of nitrogens with one attached hydrogen (secondary N) is 1. The molecule has 1 aliphatic heterocycles. The Hall–Kier alpha value is -1.63. The minimum atomic E-state index is -0.767. The Morgan fingerprint density at radius 2 is 2.40 bits per heavy atom. The number of carbonyl (C=O) groups is 2. The number of urea groups is 1. The Balaban J connectivity index is 1.65. The second kappa shape index (κ2) is 7.23. The number of carboxylic acid groups (broad SMARTS) is 1. The van der Waals surface area contributed by atoms with Crippen LogP contribution in [0.2, 0.25) is 0 Å². The van der Waals surface area contributed by atoms with Gasteiger partial charge in [-0.25, -0.2) is 9.78 Å². The highest BCUT2D eigenvalue weighted by Gasteiger charge is 2.26. The van der Waals surface area contributed by atoms with Gasteiger partial charge in [-0.2, -0.15) is 0 Å². The molecule has 2 rings (SSSR count). The molecule has 20 heavy (non-hydrogen) atoms. The molecule has 0 radical (unpaired) electrons. The van der Waals surface area contributed by atoms with Crippen molar-refractivity contribution < 1.29 is 14.7 Å². The smallest absolute Gasteiger partial charge is 0.317 e. The van der Waals surface area contributed by atoms with Gasteiger partial charge in [0.15, 0.2) is 0 Å². The molecule has 1 fully saturated rings. The molecule has 1 aromatic heterocycles. The van der Waals surface area contributed by atoms with Crippen LogP contribution < -0.4 is 5.32 Å². The molecule has 1 atom stereocenters. The molecule has 0 saturated carbocycles. The zero-order valence-corrected chi connectivity index (χ0v) is 12.1. The lowest BCUT2D eigenvalue weighted by Crippen LogP contribution is -2.39. The molecule has 2 heterocycles. The van der Waals surface area contributed by atoms with E-state index in [-0.39, 0.29) is 12.5 Å². The summed E-state index contributed by atoms with van der Waals surface area (Å²) >= 11 is 1.58. The summed E-state index contributed by atoms with van der Waals surface area (Å²) in [4.78, 5) is 28.4. The van der Waals surface area contributed by atoms with E-state index >= 15 is 0 Å². The molecule has 110 valence electrons. The predicted octanol–water partition coefficient (Wildman–Crippen LogP) is 1.58. The van der Waals surface area contributed by atoms with Gasteiger partial charge in [-0.3, -0.25) is 4.79 Å².